The maximum absolute atomic E-state index is 12.9. The van der Waals surface area contributed by atoms with E-state index < -0.39 is 97.5 Å². The molecule has 17 nitrogen and oxygen atoms in total. The van der Waals surface area contributed by atoms with Gasteiger partial charge in [0.1, 0.15) is 19.3 Å². The normalized spacial score (nSPS) is 14.3. The molecule has 19 heteroatoms. The summed E-state index contributed by atoms with van der Waals surface area (Å²) in [6.07, 6.45) is 38.9. The second-order valence-corrected chi connectivity index (χ2v) is 25.8. The number of carbonyl (C=O) groups excluding carboxylic acids is 4. The highest BCUT2D eigenvalue weighted by Crippen LogP contribution is 2.45. The number of esters is 4. The Labute approximate surface area is 492 Å². The first kappa shape index (κ1) is 79.1. The number of unbranched alkanes of at least 4 members (excludes halogenated alkanes) is 34. The molecule has 0 radical (unpaired) electrons. The highest BCUT2D eigenvalue weighted by atomic mass is 31.2. The van der Waals surface area contributed by atoms with Crippen LogP contribution in [0.2, 0.25) is 0 Å². The molecule has 0 saturated carbocycles. The first-order valence-corrected chi connectivity index (χ1v) is 35.6. The number of aliphatic hydroxyl groups excluding tert-OH is 1. The summed E-state index contributed by atoms with van der Waals surface area (Å²) in [4.78, 5) is 72.0. The molecular weight excluding hydrogens is 1080 g/mol. The van der Waals surface area contributed by atoms with E-state index in [0.717, 1.165) is 102 Å². The Balaban J connectivity index is 5.19. The molecule has 0 aromatic carbocycles. The smallest absolute Gasteiger partial charge is 0.462 e. The Kier molecular flexibility index (Phi) is 54.6. The van der Waals surface area contributed by atoms with Crippen LogP contribution < -0.4 is 0 Å². The van der Waals surface area contributed by atoms with Gasteiger partial charge in [0.15, 0.2) is 12.2 Å². The van der Waals surface area contributed by atoms with Crippen LogP contribution in [-0.2, 0) is 65.4 Å². The quantitative estimate of drug-likeness (QED) is 0.0222. The van der Waals surface area contributed by atoms with E-state index in [4.69, 9.17) is 37.0 Å². The highest BCUT2D eigenvalue weighted by Gasteiger charge is 2.30. The van der Waals surface area contributed by atoms with E-state index in [1.807, 2.05) is 0 Å². The lowest BCUT2D eigenvalue weighted by atomic mass is 10.0. The molecule has 0 aromatic heterocycles. The molecule has 81 heavy (non-hydrogen) atoms. The van der Waals surface area contributed by atoms with Crippen LogP contribution in [0.1, 0.15) is 311 Å². The summed E-state index contributed by atoms with van der Waals surface area (Å²) in [7, 11) is -9.87. The van der Waals surface area contributed by atoms with Crippen LogP contribution in [0.5, 0.6) is 0 Å². The fourth-order valence-electron chi connectivity index (χ4n) is 9.23. The van der Waals surface area contributed by atoms with E-state index in [2.05, 4.69) is 34.6 Å². The first-order valence-electron chi connectivity index (χ1n) is 32.6. The van der Waals surface area contributed by atoms with Crippen molar-refractivity contribution < 1.29 is 80.2 Å². The molecule has 2 unspecified atom stereocenters. The molecule has 0 aliphatic heterocycles. The van der Waals surface area contributed by atoms with Gasteiger partial charge in [-0.25, -0.2) is 9.13 Å². The Hall–Kier alpha value is -1.94. The monoisotopic (exact) mass is 1200 g/mol. The van der Waals surface area contributed by atoms with Crippen molar-refractivity contribution in [2.45, 2.75) is 329 Å². The minimum absolute atomic E-state index is 0.106. The highest BCUT2D eigenvalue weighted by molar-refractivity contribution is 7.47. The number of phosphoric acid groups is 2. The lowest BCUT2D eigenvalue weighted by molar-refractivity contribution is -0.161. The minimum atomic E-state index is -4.94. The molecule has 0 aliphatic carbocycles. The summed E-state index contributed by atoms with van der Waals surface area (Å²) in [5.74, 6) is -1.36. The fraction of sp³-hybridized carbons (Fsp3) is 0.935. The van der Waals surface area contributed by atoms with E-state index >= 15 is 0 Å². The summed E-state index contributed by atoms with van der Waals surface area (Å²) in [5.41, 5.74) is 0. The van der Waals surface area contributed by atoms with Crippen molar-refractivity contribution in [3.63, 3.8) is 0 Å². The van der Waals surface area contributed by atoms with Crippen molar-refractivity contribution in [1.82, 2.24) is 0 Å². The number of aliphatic hydroxyl groups is 1. The van der Waals surface area contributed by atoms with Gasteiger partial charge in [0.05, 0.1) is 26.4 Å². The Morgan fingerprint density at radius 2 is 0.568 bits per heavy atom. The zero-order valence-corrected chi connectivity index (χ0v) is 53.7. The molecule has 0 spiro atoms. The lowest BCUT2D eigenvalue weighted by Gasteiger charge is -2.21. The van der Waals surface area contributed by atoms with E-state index in [9.17, 15) is 43.2 Å². The van der Waals surface area contributed by atoms with Gasteiger partial charge in [-0.05, 0) is 31.6 Å². The molecular formula is C62H120O17P2. The van der Waals surface area contributed by atoms with Crippen molar-refractivity contribution in [3.05, 3.63) is 0 Å². The molecule has 5 atom stereocenters. The summed E-state index contributed by atoms with van der Waals surface area (Å²) in [5, 5.41) is 10.5. The maximum Gasteiger partial charge on any atom is 0.472 e. The molecule has 0 saturated heterocycles. The standard InChI is InChI=1S/C62H120O17P2/c1-6-9-12-15-18-25-31-36-41-46-60(65)73-52-58(79-62(67)48-43-38-33-28-24-22-21-23-27-29-34-39-44-55(4)5)54-77-81(70,71)75-50-56(63)49-74-80(68,69)76-53-57(51-72-59(64)45-40-35-30-20-17-14-11-8-3)78-61(66)47-42-37-32-26-19-16-13-10-7-2/h55-58,63H,6-54H2,1-5H3,(H,68,69)(H,70,71)/t56-,57+,58+/m0/s1. The Morgan fingerprint density at radius 1 is 0.333 bits per heavy atom. The van der Waals surface area contributed by atoms with Crippen LogP contribution in [0.3, 0.4) is 0 Å². The third-order valence-electron chi connectivity index (χ3n) is 14.3. The predicted octanol–water partition coefficient (Wildman–Crippen LogP) is 17.0. The first-order chi connectivity index (χ1) is 39.0. The van der Waals surface area contributed by atoms with Crippen LogP contribution >= 0.6 is 15.6 Å². The van der Waals surface area contributed by atoms with Gasteiger partial charge in [-0.3, -0.25) is 37.3 Å². The number of hydrogen-bond donors (Lipinski definition) is 3. The summed E-state index contributed by atoms with van der Waals surface area (Å²) in [6.45, 7) is 7.13. The Bertz CT molecular complexity index is 1580. The van der Waals surface area contributed by atoms with Gasteiger partial charge in [-0.2, -0.15) is 0 Å². The van der Waals surface area contributed by atoms with Gasteiger partial charge in [-0.15, -0.1) is 0 Å². The zero-order chi connectivity index (χ0) is 59.9. The third kappa shape index (κ3) is 56.9. The second-order valence-electron chi connectivity index (χ2n) is 22.9. The second kappa shape index (κ2) is 55.9. The summed E-state index contributed by atoms with van der Waals surface area (Å²) in [6, 6.07) is 0. The third-order valence-corrected chi connectivity index (χ3v) is 16.2. The SMILES string of the molecule is CCCCCCCCCCCC(=O)OC[C@H](COP(=O)(O)OC[C@@H](O)COP(=O)(O)OC[C@@H](COC(=O)CCCCCCCCCC)OC(=O)CCCCCCCCCCC)OC(=O)CCCCCCCCCCCCCCC(C)C. The number of ether oxygens (including phenoxy) is 4. The average Bonchev–Trinajstić information content (AvgIpc) is 3.43. The van der Waals surface area contributed by atoms with Gasteiger partial charge < -0.3 is 33.8 Å². The minimum Gasteiger partial charge on any atom is -0.462 e. The van der Waals surface area contributed by atoms with Crippen molar-refractivity contribution in [3.8, 4) is 0 Å². The predicted molar refractivity (Wildman–Crippen MR) is 322 cm³/mol. The van der Waals surface area contributed by atoms with Gasteiger partial charge in [0, 0.05) is 25.7 Å². The van der Waals surface area contributed by atoms with Crippen molar-refractivity contribution in [2.24, 2.45) is 5.92 Å². The number of carbonyl (C=O) groups is 4. The zero-order valence-electron chi connectivity index (χ0n) is 51.9. The molecule has 480 valence electrons. The molecule has 0 rings (SSSR count). The number of phosphoric ester groups is 2. The van der Waals surface area contributed by atoms with Gasteiger partial charge >= 0.3 is 39.5 Å². The van der Waals surface area contributed by atoms with E-state index in [0.29, 0.717) is 25.7 Å². The van der Waals surface area contributed by atoms with Gasteiger partial charge in [0.25, 0.3) is 0 Å². The largest absolute Gasteiger partial charge is 0.472 e. The molecule has 0 aromatic rings. The van der Waals surface area contributed by atoms with E-state index in [1.165, 1.54) is 128 Å². The molecule has 0 fully saturated rings. The topological polar surface area (TPSA) is 237 Å². The van der Waals surface area contributed by atoms with Crippen molar-refractivity contribution in [2.75, 3.05) is 39.6 Å². The number of hydrogen-bond acceptors (Lipinski definition) is 15. The van der Waals surface area contributed by atoms with Crippen molar-refractivity contribution in [1.29, 1.82) is 0 Å². The van der Waals surface area contributed by atoms with Crippen LogP contribution in [0.4, 0.5) is 0 Å². The van der Waals surface area contributed by atoms with Crippen LogP contribution in [0, 0.1) is 5.92 Å². The van der Waals surface area contributed by atoms with Gasteiger partial charge in [-0.1, -0.05) is 259 Å². The van der Waals surface area contributed by atoms with E-state index in [-0.39, 0.29) is 25.7 Å². The molecule has 0 aliphatic rings. The van der Waals surface area contributed by atoms with Gasteiger partial charge in [0.2, 0.25) is 0 Å². The molecule has 0 heterocycles. The van der Waals surface area contributed by atoms with Crippen LogP contribution in [0.25, 0.3) is 0 Å². The van der Waals surface area contributed by atoms with E-state index in [1.54, 1.807) is 0 Å². The Morgan fingerprint density at radius 3 is 0.840 bits per heavy atom. The molecule has 0 bridgehead atoms. The average molecular weight is 1200 g/mol. The number of rotatable bonds is 62. The lowest BCUT2D eigenvalue weighted by Crippen LogP contribution is -2.30. The maximum atomic E-state index is 12.9. The van der Waals surface area contributed by atoms with Crippen LogP contribution in [0.15, 0.2) is 0 Å². The van der Waals surface area contributed by atoms with Crippen LogP contribution in [-0.4, -0.2) is 96.7 Å². The molecule has 0 amide bonds. The summed E-state index contributed by atoms with van der Waals surface area (Å²) < 4.78 is 67.8. The molecule has 3 N–H and O–H groups in total. The fourth-order valence-corrected chi connectivity index (χ4v) is 10.8. The summed E-state index contributed by atoms with van der Waals surface area (Å²) >= 11 is 0. The van der Waals surface area contributed by atoms with Crippen molar-refractivity contribution >= 4 is 39.5 Å².